The van der Waals surface area contributed by atoms with Crippen molar-refractivity contribution in [3.63, 3.8) is 0 Å². The van der Waals surface area contributed by atoms with Crippen LogP contribution in [0.15, 0.2) is 66.7 Å². The second-order valence-corrected chi connectivity index (χ2v) is 8.10. The molecule has 4 heteroatoms. The average molecular weight is 509 g/mol. The first-order chi connectivity index (χ1) is 12.9. The summed E-state index contributed by atoms with van der Waals surface area (Å²) in [4.78, 5) is 0. The van der Waals surface area contributed by atoms with E-state index in [1.54, 1.807) is 0 Å². The van der Waals surface area contributed by atoms with Crippen molar-refractivity contribution in [3.05, 3.63) is 111 Å². The molecule has 0 aliphatic carbocycles. The maximum absolute atomic E-state index is 2.36. The normalized spacial score (nSPS) is 10.0. The molecule has 0 fully saturated rings. The third-order valence-corrected chi connectivity index (χ3v) is 5.49. The number of hydrogen-bond donors (Lipinski definition) is 0. The predicted octanol–water partition coefficient (Wildman–Crippen LogP) is 8.54. The monoisotopic (exact) mass is 507 g/mol. The Balaban J connectivity index is 0.00000225. The van der Waals surface area contributed by atoms with E-state index in [1.807, 2.05) is 0 Å². The molecule has 0 aromatic heterocycles. The van der Waals surface area contributed by atoms with Crippen LogP contribution in [0, 0.1) is 34.6 Å². The third kappa shape index (κ3) is 6.22. The van der Waals surface area contributed by atoms with Crippen LogP contribution in [-0.4, -0.2) is 0 Å². The summed E-state index contributed by atoms with van der Waals surface area (Å²) in [6.07, 6.45) is 0. The summed E-state index contributed by atoms with van der Waals surface area (Å²) >= 11 is 0. The molecule has 0 aliphatic rings. The first-order valence-corrected chi connectivity index (χ1v) is 9.73. The van der Waals surface area contributed by atoms with E-state index in [2.05, 4.69) is 101 Å². The third-order valence-electron chi connectivity index (χ3n) is 5.49. The van der Waals surface area contributed by atoms with E-state index in [1.165, 1.54) is 55.3 Å². The molecule has 164 valence electrons. The number of halogens is 3. The minimum absolute atomic E-state index is 0. The topological polar surface area (TPSA) is 0 Å². The Hall–Kier alpha value is -1.15. The first-order valence-electron chi connectivity index (χ1n) is 9.73. The van der Waals surface area contributed by atoms with Gasteiger partial charge in [-0.2, -0.15) is 6.07 Å². The molecule has 0 aliphatic heterocycles. The largest absolute Gasteiger partial charge is 0.165 e. The Morgan fingerprint density at radius 1 is 0.581 bits per heavy atom. The van der Waals surface area contributed by atoms with Crippen LogP contribution in [0.3, 0.4) is 0 Å². The van der Waals surface area contributed by atoms with E-state index in [9.17, 15) is 0 Å². The molecule has 0 bridgehead atoms. The Bertz CT molecular complexity index is 1050. The fourth-order valence-corrected chi connectivity index (χ4v) is 4.65. The SMILES string of the molecule is Cc1cc(C)cc(C(c2cc(C)cc(C)c2)[c-]2c(C)cc3ccccc32)c1.Cl.Cl.Cl.[Ti]. The molecule has 4 aromatic carbocycles. The van der Waals surface area contributed by atoms with Gasteiger partial charge in [0.25, 0.3) is 0 Å². The second kappa shape index (κ2) is 12.2. The summed E-state index contributed by atoms with van der Waals surface area (Å²) in [6, 6.07) is 25.1. The molecule has 4 rings (SSSR count). The summed E-state index contributed by atoms with van der Waals surface area (Å²) in [7, 11) is 0. The molecule has 0 unspecified atom stereocenters. The molecule has 4 aromatic rings. The zero-order valence-electron chi connectivity index (χ0n) is 18.7. The number of hydrogen-bond acceptors (Lipinski definition) is 0. The minimum atomic E-state index is 0. The predicted molar refractivity (Wildman–Crippen MR) is 139 cm³/mol. The van der Waals surface area contributed by atoms with Gasteiger partial charge in [0.15, 0.2) is 0 Å². The molecule has 31 heavy (non-hydrogen) atoms. The van der Waals surface area contributed by atoms with Gasteiger partial charge < -0.3 is 0 Å². The molecule has 0 radical (unpaired) electrons. The molecule has 0 heterocycles. The van der Waals surface area contributed by atoms with Crippen molar-refractivity contribution in [3.8, 4) is 0 Å². The van der Waals surface area contributed by atoms with E-state index in [0.29, 0.717) is 0 Å². The van der Waals surface area contributed by atoms with Gasteiger partial charge in [-0.25, -0.2) is 0 Å². The molecule has 0 saturated carbocycles. The van der Waals surface area contributed by atoms with Gasteiger partial charge >= 0.3 is 0 Å². The van der Waals surface area contributed by atoms with Crippen LogP contribution in [0.1, 0.15) is 50.4 Å². The Labute approximate surface area is 220 Å². The van der Waals surface area contributed by atoms with Crippen molar-refractivity contribution >= 4 is 48.0 Å². The quantitative estimate of drug-likeness (QED) is 0.192. The molecule has 0 atom stereocenters. The Morgan fingerprint density at radius 3 is 1.45 bits per heavy atom. The number of rotatable bonds is 3. The van der Waals surface area contributed by atoms with Crippen molar-refractivity contribution in [1.29, 1.82) is 0 Å². The fourth-order valence-electron chi connectivity index (χ4n) is 4.65. The van der Waals surface area contributed by atoms with Gasteiger partial charge in [0.05, 0.1) is 0 Å². The van der Waals surface area contributed by atoms with Crippen LogP contribution < -0.4 is 0 Å². The Morgan fingerprint density at radius 2 is 1.00 bits per heavy atom. The van der Waals surface area contributed by atoms with Crippen molar-refractivity contribution in [1.82, 2.24) is 0 Å². The van der Waals surface area contributed by atoms with E-state index >= 15 is 0 Å². The molecule has 0 nitrogen and oxygen atoms in total. The molecule has 0 N–H and O–H groups in total. The van der Waals surface area contributed by atoms with Crippen molar-refractivity contribution in [2.24, 2.45) is 0 Å². The second-order valence-electron chi connectivity index (χ2n) is 8.10. The minimum Gasteiger partial charge on any atom is -0.165 e. The van der Waals surface area contributed by atoms with Crippen molar-refractivity contribution in [2.45, 2.75) is 40.5 Å². The maximum atomic E-state index is 2.36. The van der Waals surface area contributed by atoms with E-state index in [4.69, 9.17) is 0 Å². The van der Waals surface area contributed by atoms with Crippen molar-refractivity contribution < 1.29 is 21.7 Å². The van der Waals surface area contributed by atoms with E-state index in [0.717, 1.165) is 0 Å². The van der Waals surface area contributed by atoms with Crippen LogP contribution in [0.2, 0.25) is 0 Å². The molecule has 0 saturated heterocycles. The fraction of sp³-hybridized carbons (Fsp3) is 0.222. The maximum Gasteiger partial charge on any atom is 0.000226 e. The average Bonchev–Trinajstić information content (AvgIpc) is 2.90. The van der Waals surface area contributed by atoms with Gasteiger partial charge in [-0.3, -0.25) is 0 Å². The standard InChI is InChI=1S/C27H27.3ClH.Ti/c1-17-10-18(2)13-23(12-17)27(24-14-19(3)11-20(4)15-24)26-21(5)16-22-8-6-7-9-25(22)26;;;;/h6-16,27H,1-5H3;3*1H;/q-1;;;;. The summed E-state index contributed by atoms with van der Waals surface area (Å²) in [5.74, 6) is 0.252. The molecule has 0 amide bonds. The van der Waals surface area contributed by atoms with Gasteiger partial charge in [0.1, 0.15) is 0 Å². The summed E-state index contributed by atoms with van der Waals surface area (Å²) in [5.41, 5.74) is 10.9. The molecular weight excluding hydrogens is 479 g/mol. The number of aryl methyl sites for hydroxylation is 5. The van der Waals surface area contributed by atoms with Gasteiger partial charge in [-0.1, -0.05) is 71.6 Å². The molecular formula is C27H30Cl3Ti-. The Kier molecular flexibility index (Phi) is 11.7. The van der Waals surface area contributed by atoms with Crippen LogP contribution >= 0.6 is 37.2 Å². The van der Waals surface area contributed by atoms with Gasteiger partial charge in [-0.05, 0) is 38.8 Å². The van der Waals surface area contributed by atoms with Gasteiger partial charge in [0.2, 0.25) is 0 Å². The smallest absolute Gasteiger partial charge is 0.000226 e. The molecule has 0 spiro atoms. The van der Waals surface area contributed by atoms with Gasteiger partial charge in [-0.15, -0.1) is 77.3 Å². The number of benzene rings is 3. The summed E-state index contributed by atoms with van der Waals surface area (Å²) < 4.78 is 0. The summed E-state index contributed by atoms with van der Waals surface area (Å²) in [6.45, 7) is 11.1. The van der Waals surface area contributed by atoms with Crippen LogP contribution in [0.5, 0.6) is 0 Å². The van der Waals surface area contributed by atoms with E-state index in [-0.39, 0.29) is 64.9 Å². The van der Waals surface area contributed by atoms with E-state index < -0.39 is 0 Å². The number of fused-ring (bicyclic) bond motifs is 1. The zero-order valence-corrected chi connectivity index (χ0v) is 22.7. The first kappa shape index (κ1) is 29.9. The van der Waals surface area contributed by atoms with Crippen LogP contribution in [0.25, 0.3) is 10.8 Å². The zero-order chi connectivity index (χ0) is 19.1. The summed E-state index contributed by atoms with van der Waals surface area (Å²) in [5, 5.41) is 2.71. The van der Waals surface area contributed by atoms with Crippen LogP contribution in [-0.2, 0) is 21.7 Å². The van der Waals surface area contributed by atoms with Crippen molar-refractivity contribution in [2.75, 3.05) is 0 Å². The van der Waals surface area contributed by atoms with Crippen LogP contribution in [0.4, 0.5) is 0 Å². The van der Waals surface area contributed by atoms with Gasteiger partial charge in [0, 0.05) is 27.6 Å².